The topological polar surface area (TPSA) is 135 Å². The van der Waals surface area contributed by atoms with Crippen molar-refractivity contribution in [1.29, 1.82) is 0 Å². The quantitative estimate of drug-likeness (QED) is 0.0820. The summed E-state index contributed by atoms with van der Waals surface area (Å²) < 4.78 is 34.5. The van der Waals surface area contributed by atoms with E-state index in [1.54, 1.807) is 38.1 Å². The first-order valence-electron chi connectivity index (χ1n) is 17.9. The van der Waals surface area contributed by atoms with Crippen molar-refractivity contribution >= 4 is 0 Å². The summed E-state index contributed by atoms with van der Waals surface area (Å²) in [5, 5.41) is 22.8. The molecule has 0 spiro atoms. The molecule has 0 atom stereocenters. The van der Waals surface area contributed by atoms with Crippen LogP contribution in [0.3, 0.4) is 0 Å². The normalized spacial score (nSPS) is 11.2. The third-order valence-electron chi connectivity index (χ3n) is 8.36. The van der Waals surface area contributed by atoms with Gasteiger partial charge in [-0.1, -0.05) is 20.8 Å². The summed E-state index contributed by atoms with van der Waals surface area (Å²) in [4.78, 5) is 14.5. The number of phenols is 2. The molecule has 4 aromatic rings. The zero-order chi connectivity index (χ0) is 36.8. The standard InChI is InChI=1S/C40H53N3O8/c1-8-17-46-20-23-49-33-14-11-30(26(4)27(33)5)38-41-39(31-12-15-34(28(6)36(31)44)50-24-21-47-18-9-2)43-40(42-38)32-13-16-35(29(7)37(32)45)51-25-22-48-19-10-3/h11-16,44-45H,8-10,17-25H2,1-7H3. The summed E-state index contributed by atoms with van der Waals surface area (Å²) >= 11 is 0. The Hall–Kier alpha value is -4.45. The highest BCUT2D eigenvalue weighted by Gasteiger charge is 2.22. The van der Waals surface area contributed by atoms with Crippen LogP contribution in [0.5, 0.6) is 28.7 Å². The average Bonchev–Trinajstić information content (AvgIpc) is 3.13. The fourth-order valence-electron chi connectivity index (χ4n) is 5.34. The van der Waals surface area contributed by atoms with Gasteiger partial charge in [-0.2, -0.15) is 0 Å². The summed E-state index contributed by atoms with van der Waals surface area (Å²) in [6, 6.07) is 10.8. The van der Waals surface area contributed by atoms with Crippen molar-refractivity contribution in [2.24, 2.45) is 0 Å². The Bertz CT molecular complexity index is 1520. The number of aromatic nitrogens is 3. The lowest BCUT2D eigenvalue weighted by atomic mass is 10.0. The molecular formula is C40H53N3O8. The lowest BCUT2D eigenvalue weighted by Gasteiger charge is -2.17. The first kappa shape index (κ1) is 39.3. The maximum atomic E-state index is 11.4. The van der Waals surface area contributed by atoms with E-state index in [9.17, 15) is 10.2 Å². The second-order valence-electron chi connectivity index (χ2n) is 12.2. The molecule has 0 unspecified atom stereocenters. The molecule has 0 radical (unpaired) electrons. The number of aromatic hydroxyl groups is 2. The van der Waals surface area contributed by atoms with Gasteiger partial charge < -0.3 is 38.6 Å². The monoisotopic (exact) mass is 703 g/mol. The van der Waals surface area contributed by atoms with E-state index >= 15 is 0 Å². The summed E-state index contributed by atoms with van der Waals surface area (Å²) in [5.41, 5.74) is 4.52. The van der Waals surface area contributed by atoms with E-state index < -0.39 is 0 Å². The van der Waals surface area contributed by atoms with Crippen LogP contribution in [0, 0.1) is 27.7 Å². The van der Waals surface area contributed by atoms with Crippen molar-refractivity contribution in [3.63, 3.8) is 0 Å². The summed E-state index contributed by atoms with van der Waals surface area (Å²) in [6.45, 7) is 18.3. The smallest absolute Gasteiger partial charge is 0.167 e. The molecule has 51 heavy (non-hydrogen) atoms. The number of rotatable bonds is 21. The van der Waals surface area contributed by atoms with Crippen molar-refractivity contribution in [1.82, 2.24) is 15.0 Å². The van der Waals surface area contributed by atoms with Gasteiger partial charge in [0.05, 0.1) is 30.9 Å². The van der Waals surface area contributed by atoms with E-state index in [1.807, 2.05) is 26.0 Å². The predicted molar refractivity (Wildman–Crippen MR) is 198 cm³/mol. The van der Waals surface area contributed by atoms with Gasteiger partial charge in [0.15, 0.2) is 17.5 Å². The molecule has 0 saturated heterocycles. The fourth-order valence-corrected chi connectivity index (χ4v) is 5.34. The van der Waals surface area contributed by atoms with E-state index in [2.05, 4.69) is 20.8 Å². The van der Waals surface area contributed by atoms with E-state index in [0.717, 1.165) is 41.7 Å². The van der Waals surface area contributed by atoms with Crippen molar-refractivity contribution < 1.29 is 38.6 Å². The highest BCUT2D eigenvalue weighted by Crippen LogP contribution is 2.40. The largest absolute Gasteiger partial charge is 0.507 e. The molecule has 276 valence electrons. The molecule has 0 aliphatic heterocycles. The molecule has 3 aromatic carbocycles. The minimum Gasteiger partial charge on any atom is -0.507 e. The molecular weight excluding hydrogens is 650 g/mol. The van der Waals surface area contributed by atoms with Crippen LogP contribution in [0.15, 0.2) is 36.4 Å². The van der Waals surface area contributed by atoms with Gasteiger partial charge in [-0.3, -0.25) is 0 Å². The third kappa shape index (κ3) is 10.3. The minimum atomic E-state index is -0.0125. The van der Waals surface area contributed by atoms with Gasteiger partial charge in [-0.25, -0.2) is 15.0 Å². The zero-order valence-electron chi connectivity index (χ0n) is 31.1. The highest BCUT2D eigenvalue weighted by molar-refractivity contribution is 5.76. The first-order chi connectivity index (χ1) is 24.7. The fraction of sp³-hybridized carbons (Fsp3) is 0.475. The maximum absolute atomic E-state index is 11.4. The van der Waals surface area contributed by atoms with Gasteiger partial charge in [-0.05, 0) is 94.5 Å². The lowest BCUT2D eigenvalue weighted by Crippen LogP contribution is -2.09. The highest BCUT2D eigenvalue weighted by atomic mass is 16.5. The Labute approximate surface area is 301 Å². The van der Waals surface area contributed by atoms with Gasteiger partial charge >= 0.3 is 0 Å². The van der Waals surface area contributed by atoms with E-state index in [4.69, 9.17) is 43.4 Å². The van der Waals surface area contributed by atoms with Crippen LogP contribution in [0.1, 0.15) is 62.3 Å². The summed E-state index contributed by atoms with van der Waals surface area (Å²) in [7, 11) is 0. The van der Waals surface area contributed by atoms with Gasteiger partial charge in [0, 0.05) is 36.5 Å². The Kier molecular flexibility index (Phi) is 15.3. The van der Waals surface area contributed by atoms with E-state index in [-0.39, 0.29) is 23.1 Å². The molecule has 2 N–H and O–H groups in total. The van der Waals surface area contributed by atoms with E-state index in [0.29, 0.717) is 99.0 Å². The second-order valence-corrected chi connectivity index (χ2v) is 12.2. The second kappa shape index (κ2) is 19.8. The van der Waals surface area contributed by atoms with Crippen LogP contribution >= 0.6 is 0 Å². The number of hydrogen-bond donors (Lipinski definition) is 2. The molecule has 1 aromatic heterocycles. The number of benzene rings is 3. The minimum absolute atomic E-state index is 0.0125. The van der Waals surface area contributed by atoms with Crippen LogP contribution in [-0.4, -0.2) is 84.6 Å². The van der Waals surface area contributed by atoms with Crippen LogP contribution in [-0.2, 0) is 14.2 Å². The Morgan fingerprint density at radius 1 is 0.412 bits per heavy atom. The Morgan fingerprint density at radius 3 is 1.12 bits per heavy atom. The Balaban J connectivity index is 1.74. The average molecular weight is 704 g/mol. The van der Waals surface area contributed by atoms with Crippen molar-refractivity contribution in [3.05, 3.63) is 58.7 Å². The molecule has 1 heterocycles. The van der Waals surface area contributed by atoms with Gasteiger partial charge in [0.1, 0.15) is 48.6 Å². The molecule has 4 rings (SSSR count). The molecule has 0 saturated carbocycles. The zero-order valence-corrected chi connectivity index (χ0v) is 31.1. The predicted octanol–water partition coefficient (Wildman–Crippen LogP) is 7.93. The van der Waals surface area contributed by atoms with Crippen molar-refractivity contribution in [2.45, 2.75) is 67.7 Å². The van der Waals surface area contributed by atoms with Crippen molar-refractivity contribution in [2.75, 3.05) is 59.5 Å². The molecule has 11 nitrogen and oxygen atoms in total. The van der Waals surface area contributed by atoms with Gasteiger partial charge in [-0.15, -0.1) is 0 Å². The maximum Gasteiger partial charge on any atom is 0.167 e. The molecule has 0 bridgehead atoms. The number of phenolic OH excluding ortho intramolecular Hbond substituents is 2. The van der Waals surface area contributed by atoms with Gasteiger partial charge in [0.2, 0.25) is 0 Å². The Morgan fingerprint density at radius 2 is 0.745 bits per heavy atom. The summed E-state index contributed by atoms with van der Waals surface area (Å²) in [5.74, 6) is 2.66. The molecule has 11 heteroatoms. The molecule has 0 amide bonds. The number of hydrogen-bond acceptors (Lipinski definition) is 11. The molecule has 0 fully saturated rings. The van der Waals surface area contributed by atoms with Crippen LogP contribution in [0.25, 0.3) is 34.2 Å². The number of ether oxygens (including phenoxy) is 6. The third-order valence-corrected chi connectivity index (χ3v) is 8.36. The van der Waals surface area contributed by atoms with Crippen molar-refractivity contribution in [3.8, 4) is 62.9 Å². The van der Waals surface area contributed by atoms with Crippen LogP contribution < -0.4 is 14.2 Å². The lowest BCUT2D eigenvalue weighted by molar-refractivity contribution is 0.100. The molecule has 0 aliphatic carbocycles. The number of nitrogens with zero attached hydrogens (tertiary/aromatic N) is 3. The molecule has 0 aliphatic rings. The van der Waals surface area contributed by atoms with Crippen LogP contribution in [0.4, 0.5) is 0 Å². The SMILES string of the molecule is CCCOCCOc1ccc(-c2nc(-c3ccc(OCCOCCC)c(C)c3O)nc(-c3ccc(OCCOCCC)c(C)c3O)n2)c(C)c1C. The van der Waals surface area contributed by atoms with Gasteiger partial charge in [0.25, 0.3) is 0 Å². The van der Waals surface area contributed by atoms with E-state index in [1.165, 1.54) is 0 Å². The summed E-state index contributed by atoms with van der Waals surface area (Å²) in [6.07, 6.45) is 2.82. The first-order valence-corrected chi connectivity index (χ1v) is 17.9. The van der Waals surface area contributed by atoms with Crippen LogP contribution in [0.2, 0.25) is 0 Å².